The predicted octanol–water partition coefficient (Wildman–Crippen LogP) is 4.15. The molecule has 1 heterocycles. The molecular formula is C24H26FN5O3S. The third kappa shape index (κ3) is 5.74. The van der Waals surface area contributed by atoms with E-state index in [2.05, 4.69) is 25.6 Å². The molecule has 4 rings (SSSR count). The molecule has 2 amide bonds. The number of hydrazine groups is 1. The summed E-state index contributed by atoms with van der Waals surface area (Å²) in [5, 5.41) is 9.47. The highest BCUT2D eigenvalue weighted by Crippen LogP contribution is 2.35. The van der Waals surface area contributed by atoms with Crippen LogP contribution in [-0.2, 0) is 4.79 Å². The molecule has 2 N–H and O–H groups in total. The lowest BCUT2D eigenvalue weighted by Gasteiger charge is -2.25. The first-order valence-corrected chi connectivity index (χ1v) is 12.1. The van der Waals surface area contributed by atoms with Crippen LogP contribution in [-0.4, -0.2) is 39.4 Å². The second-order valence-electron chi connectivity index (χ2n) is 7.99. The molecule has 2 aromatic carbocycles. The van der Waals surface area contributed by atoms with Crippen LogP contribution in [0.25, 0.3) is 11.4 Å². The van der Waals surface area contributed by atoms with Crippen LogP contribution in [0.3, 0.4) is 0 Å². The first-order valence-electron chi connectivity index (χ1n) is 11.1. The van der Waals surface area contributed by atoms with E-state index in [1.165, 1.54) is 42.4 Å². The minimum Gasteiger partial charge on any atom is -0.497 e. The Balaban J connectivity index is 1.43. The highest BCUT2D eigenvalue weighted by atomic mass is 32.2. The lowest BCUT2D eigenvalue weighted by molar-refractivity contribution is -0.119. The zero-order valence-electron chi connectivity index (χ0n) is 18.8. The van der Waals surface area contributed by atoms with Crippen LogP contribution in [0.5, 0.6) is 5.75 Å². The summed E-state index contributed by atoms with van der Waals surface area (Å²) < 4.78 is 20.4. The predicted molar refractivity (Wildman–Crippen MR) is 127 cm³/mol. The Morgan fingerprint density at radius 1 is 1.03 bits per heavy atom. The molecule has 0 spiro atoms. The number of nitrogens with zero attached hydrogens (tertiary/aromatic N) is 3. The molecule has 8 nitrogen and oxygen atoms in total. The summed E-state index contributed by atoms with van der Waals surface area (Å²) in [7, 11) is 1.63. The van der Waals surface area contributed by atoms with Crippen LogP contribution in [0.4, 0.5) is 4.39 Å². The smallest absolute Gasteiger partial charge is 0.269 e. The third-order valence-electron chi connectivity index (χ3n) is 5.71. The fourth-order valence-corrected chi connectivity index (χ4v) is 4.75. The molecule has 0 unspecified atom stereocenters. The van der Waals surface area contributed by atoms with E-state index in [1.54, 1.807) is 7.11 Å². The topological polar surface area (TPSA) is 98.1 Å². The molecule has 34 heavy (non-hydrogen) atoms. The number of amides is 2. The molecule has 10 heteroatoms. The van der Waals surface area contributed by atoms with Crippen molar-refractivity contribution in [2.75, 3.05) is 12.9 Å². The molecule has 3 aromatic rings. The molecule has 0 saturated heterocycles. The van der Waals surface area contributed by atoms with Crippen molar-refractivity contribution in [3.8, 4) is 17.1 Å². The number of carbonyl (C=O) groups excluding carboxylic acids is 2. The summed E-state index contributed by atoms with van der Waals surface area (Å²) in [6, 6.07) is 13.0. The average molecular weight is 484 g/mol. The van der Waals surface area contributed by atoms with Gasteiger partial charge >= 0.3 is 0 Å². The van der Waals surface area contributed by atoms with Crippen molar-refractivity contribution in [3.05, 3.63) is 59.9 Å². The first kappa shape index (κ1) is 23.7. The Morgan fingerprint density at radius 3 is 2.41 bits per heavy atom. The van der Waals surface area contributed by atoms with Crippen LogP contribution in [0.15, 0.2) is 53.7 Å². The Kier molecular flexibility index (Phi) is 7.79. The number of ether oxygens (including phenoxy) is 1. The number of hydrogen-bond donors (Lipinski definition) is 2. The van der Waals surface area contributed by atoms with Gasteiger partial charge in [-0.15, -0.1) is 10.2 Å². The molecule has 178 valence electrons. The van der Waals surface area contributed by atoms with E-state index < -0.39 is 11.7 Å². The maximum absolute atomic E-state index is 13.0. The summed E-state index contributed by atoms with van der Waals surface area (Å²) in [5.41, 5.74) is 5.91. The van der Waals surface area contributed by atoms with Crippen LogP contribution in [0.1, 0.15) is 48.5 Å². The fourth-order valence-electron chi connectivity index (χ4n) is 3.95. The Hall–Kier alpha value is -3.40. The van der Waals surface area contributed by atoms with Crippen molar-refractivity contribution in [2.24, 2.45) is 0 Å². The molecule has 1 aromatic heterocycles. The van der Waals surface area contributed by atoms with Gasteiger partial charge in [0.1, 0.15) is 11.6 Å². The Morgan fingerprint density at radius 2 is 1.74 bits per heavy atom. The van der Waals surface area contributed by atoms with Crippen LogP contribution in [0.2, 0.25) is 0 Å². The minimum atomic E-state index is -0.523. The molecule has 0 aliphatic heterocycles. The largest absolute Gasteiger partial charge is 0.497 e. The van der Waals surface area contributed by atoms with E-state index >= 15 is 0 Å². The van der Waals surface area contributed by atoms with Crippen LogP contribution >= 0.6 is 11.8 Å². The second kappa shape index (κ2) is 11.1. The normalized spacial score (nSPS) is 13.9. The number of benzene rings is 2. The van der Waals surface area contributed by atoms with Crippen molar-refractivity contribution < 1.29 is 18.7 Å². The van der Waals surface area contributed by atoms with Gasteiger partial charge in [-0.1, -0.05) is 31.0 Å². The number of hydrogen-bond acceptors (Lipinski definition) is 6. The quantitative estimate of drug-likeness (QED) is 0.387. The molecule has 0 radical (unpaired) electrons. The van der Waals surface area contributed by atoms with Gasteiger partial charge in [0, 0.05) is 17.2 Å². The Bertz CT molecular complexity index is 1130. The molecule has 0 atom stereocenters. The van der Waals surface area contributed by atoms with Crippen molar-refractivity contribution in [3.63, 3.8) is 0 Å². The fraction of sp³-hybridized carbons (Fsp3) is 0.333. The molecule has 1 aliphatic rings. The van der Waals surface area contributed by atoms with Gasteiger partial charge in [-0.2, -0.15) is 0 Å². The number of carbonyl (C=O) groups is 2. The highest BCUT2D eigenvalue weighted by molar-refractivity contribution is 7.99. The van der Waals surface area contributed by atoms with Crippen molar-refractivity contribution in [2.45, 2.75) is 43.3 Å². The lowest BCUT2D eigenvalue weighted by atomic mass is 9.95. The lowest BCUT2D eigenvalue weighted by Crippen LogP contribution is -2.42. The summed E-state index contributed by atoms with van der Waals surface area (Å²) >= 11 is 1.27. The van der Waals surface area contributed by atoms with Crippen LogP contribution in [0, 0.1) is 5.82 Å². The maximum Gasteiger partial charge on any atom is 0.269 e. The van der Waals surface area contributed by atoms with Gasteiger partial charge in [-0.05, 0) is 61.4 Å². The minimum absolute atomic E-state index is 0.0527. The molecule has 0 bridgehead atoms. The SMILES string of the molecule is COc1ccc(-c2nnc(SCC(=O)NNC(=O)c3ccc(F)cc3)n2C2CCCCC2)cc1. The van der Waals surface area contributed by atoms with Crippen molar-refractivity contribution in [1.29, 1.82) is 0 Å². The average Bonchev–Trinajstić information content (AvgIpc) is 3.31. The standard InChI is InChI=1S/C24H26FN5O3S/c1-33-20-13-9-16(10-14-20)22-27-29-24(30(22)19-5-3-2-4-6-19)34-15-21(31)26-28-23(32)17-7-11-18(25)12-8-17/h7-14,19H,2-6,15H2,1H3,(H,26,31)(H,28,32). The summed E-state index contributed by atoms with van der Waals surface area (Å²) in [6.07, 6.45) is 5.58. The highest BCUT2D eigenvalue weighted by Gasteiger charge is 2.24. The zero-order chi connectivity index (χ0) is 23.9. The van der Waals surface area contributed by atoms with E-state index in [0.29, 0.717) is 5.16 Å². The summed E-state index contributed by atoms with van der Waals surface area (Å²) in [6.45, 7) is 0. The summed E-state index contributed by atoms with van der Waals surface area (Å²) in [4.78, 5) is 24.5. The number of thioether (sulfide) groups is 1. The Labute approximate surface area is 201 Å². The number of rotatable bonds is 7. The number of aromatic nitrogens is 3. The summed E-state index contributed by atoms with van der Waals surface area (Å²) in [5.74, 6) is 0.240. The monoisotopic (exact) mass is 483 g/mol. The first-order chi connectivity index (χ1) is 16.5. The number of halogens is 1. The number of nitrogens with one attached hydrogen (secondary N) is 2. The van der Waals surface area contributed by atoms with E-state index in [4.69, 9.17) is 4.74 Å². The van der Waals surface area contributed by atoms with Gasteiger partial charge in [0.05, 0.1) is 12.9 Å². The molecule has 1 aliphatic carbocycles. The van der Waals surface area contributed by atoms with Gasteiger partial charge in [-0.25, -0.2) is 4.39 Å². The van der Waals surface area contributed by atoms with Gasteiger partial charge in [-0.3, -0.25) is 25.0 Å². The van der Waals surface area contributed by atoms with Gasteiger partial charge in [0.2, 0.25) is 5.91 Å². The van der Waals surface area contributed by atoms with Crippen LogP contribution < -0.4 is 15.6 Å². The number of methoxy groups -OCH3 is 1. The zero-order valence-corrected chi connectivity index (χ0v) is 19.6. The van der Waals surface area contributed by atoms with Gasteiger partial charge < -0.3 is 4.74 Å². The molecule has 1 saturated carbocycles. The van der Waals surface area contributed by atoms with E-state index in [9.17, 15) is 14.0 Å². The van der Waals surface area contributed by atoms with E-state index in [1.807, 2.05) is 24.3 Å². The maximum atomic E-state index is 13.0. The van der Waals surface area contributed by atoms with Crippen molar-refractivity contribution in [1.82, 2.24) is 25.6 Å². The van der Waals surface area contributed by atoms with E-state index in [0.717, 1.165) is 42.8 Å². The van der Waals surface area contributed by atoms with E-state index in [-0.39, 0.29) is 23.3 Å². The molecular weight excluding hydrogens is 457 g/mol. The molecule has 1 fully saturated rings. The van der Waals surface area contributed by atoms with Crippen molar-refractivity contribution >= 4 is 23.6 Å². The van der Waals surface area contributed by atoms with Gasteiger partial charge in [0.15, 0.2) is 11.0 Å². The third-order valence-corrected chi connectivity index (χ3v) is 6.65. The second-order valence-corrected chi connectivity index (χ2v) is 8.94. The van der Waals surface area contributed by atoms with Gasteiger partial charge in [0.25, 0.3) is 5.91 Å².